The van der Waals surface area contributed by atoms with E-state index in [4.69, 9.17) is 5.26 Å². The molecule has 0 bridgehead atoms. The van der Waals surface area contributed by atoms with E-state index in [1.54, 1.807) is 36.7 Å². The second-order valence-electron chi connectivity index (χ2n) is 5.22. The lowest BCUT2D eigenvalue weighted by Crippen LogP contribution is -2.39. The van der Waals surface area contributed by atoms with Crippen LogP contribution in [0.4, 0.5) is 0 Å². The molecule has 1 N–H and O–H groups in total. The molecule has 0 radical (unpaired) electrons. The predicted molar refractivity (Wildman–Crippen MR) is 77.6 cm³/mol. The molecule has 0 spiro atoms. The first kappa shape index (κ1) is 13.4. The molecule has 1 aromatic heterocycles. The maximum Gasteiger partial charge on any atom is 0.255 e. The van der Waals surface area contributed by atoms with Crippen molar-refractivity contribution in [1.82, 2.24) is 14.9 Å². The molecule has 2 heterocycles. The van der Waals surface area contributed by atoms with Gasteiger partial charge in [-0.15, -0.1) is 0 Å². The van der Waals surface area contributed by atoms with Gasteiger partial charge in [0.1, 0.15) is 5.82 Å². The SMILES string of the molecule is N#Cc1ccccc1C(=O)N1CCC[C@@H](c2ncc[nH]2)C1. The van der Waals surface area contributed by atoms with Crippen LogP contribution >= 0.6 is 0 Å². The van der Waals surface area contributed by atoms with Crippen molar-refractivity contribution in [2.45, 2.75) is 18.8 Å². The summed E-state index contributed by atoms with van der Waals surface area (Å²) < 4.78 is 0. The van der Waals surface area contributed by atoms with Crippen molar-refractivity contribution in [2.75, 3.05) is 13.1 Å². The predicted octanol–water partition coefficient (Wildman–Crippen LogP) is 2.30. The molecule has 1 aliphatic rings. The van der Waals surface area contributed by atoms with E-state index >= 15 is 0 Å². The van der Waals surface area contributed by atoms with Crippen molar-refractivity contribution in [3.8, 4) is 6.07 Å². The molecule has 1 aromatic carbocycles. The molecule has 5 heteroatoms. The molecule has 1 aliphatic heterocycles. The first-order chi connectivity index (χ1) is 10.3. The summed E-state index contributed by atoms with van der Waals surface area (Å²) >= 11 is 0. The number of nitrogens with zero attached hydrogens (tertiary/aromatic N) is 3. The Balaban J connectivity index is 1.80. The van der Waals surface area contributed by atoms with E-state index in [-0.39, 0.29) is 11.8 Å². The van der Waals surface area contributed by atoms with Crippen LogP contribution < -0.4 is 0 Å². The van der Waals surface area contributed by atoms with Crippen molar-refractivity contribution < 1.29 is 4.79 Å². The number of aromatic nitrogens is 2. The van der Waals surface area contributed by atoms with Gasteiger partial charge in [0, 0.05) is 31.4 Å². The minimum absolute atomic E-state index is 0.0663. The fraction of sp³-hybridized carbons (Fsp3) is 0.312. The first-order valence-corrected chi connectivity index (χ1v) is 7.07. The van der Waals surface area contributed by atoms with Crippen molar-refractivity contribution >= 4 is 5.91 Å². The third-order valence-electron chi connectivity index (χ3n) is 3.89. The van der Waals surface area contributed by atoms with Crippen LogP contribution in [0.15, 0.2) is 36.7 Å². The molecular formula is C16H16N4O. The fourth-order valence-corrected chi connectivity index (χ4v) is 2.82. The van der Waals surface area contributed by atoms with Crippen molar-refractivity contribution in [2.24, 2.45) is 0 Å². The molecule has 106 valence electrons. The zero-order valence-electron chi connectivity index (χ0n) is 11.6. The van der Waals surface area contributed by atoms with E-state index in [0.29, 0.717) is 17.7 Å². The summed E-state index contributed by atoms with van der Waals surface area (Å²) in [5.74, 6) is 1.11. The van der Waals surface area contributed by atoms with Gasteiger partial charge in [-0.2, -0.15) is 5.26 Å². The average molecular weight is 280 g/mol. The van der Waals surface area contributed by atoms with Gasteiger partial charge in [-0.1, -0.05) is 12.1 Å². The van der Waals surface area contributed by atoms with E-state index in [2.05, 4.69) is 16.0 Å². The number of likely N-dealkylation sites (tertiary alicyclic amines) is 1. The summed E-state index contributed by atoms with van der Waals surface area (Å²) in [4.78, 5) is 21.9. The number of hydrogen-bond donors (Lipinski definition) is 1. The topological polar surface area (TPSA) is 72.8 Å². The molecule has 1 saturated heterocycles. The van der Waals surface area contributed by atoms with E-state index in [9.17, 15) is 4.79 Å². The quantitative estimate of drug-likeness (QED) is 0.917. The second kappa shape index (κ2) is 5.80. The highest BCUT2D eigenvalue weighted by Gasteiger charge is 2.27. The second-order valence-corrected chi connectivity index (χ2v) is 5.22. The summed E-state index contributed by atoms with van der Waals surface area (Å²) in [7, 11) is 0. The molecule has 0 unspecified atom stereocenters. The van der Waals surface area contributed by atoms with Gasteiger partial charge in [0.05, 0.1) is 17.2 Å². The number of benzene rings is 1. The van der Waals surface area contributed by atoms with E-state index in [1.165, 1.54) is 0 Å². The number of carbonyl (C=O) groups is 1. The number of nitriles is 1. The standard InChI is InChI=1S/C16H16N4O/c17-10-12-4-1-2-6-14(12)16(21)20-9-3-5-13(11-20)15-18-7-8-19-15/h1-2,4,6-8,13H,3,5,9,11H2,(H,18,19)/t13-/m1/s1. The zero-order chi connectivity index (χ0) is 14.7. The largest absolute Gasteiger partial charge is 0.348 e. The summed E-state index contributed by atoms with van der Waals surface area (Å²) in [6.45, 7) is 1.38. The van der Waals surface area contributed by atoms with Crippen LogP contribution in [0.25, 0.3) is 0 Å². The van der Waals surface area contributed by atoms with Crippen molar-refractivity contribution in [3.05, 3.63) is 53.6 Å². The zero-order valence-corrected chi connectivity index (χ0v) is 11.6. The third-order valence-corrected chi connectivity index (χ3v) is 3.89. The molecule has 0 aliphatic carbocycles. The Kier molecular flexibility index (Phi) is 3.69. The molecular weight excluding hydrogens is 264 g/mol. The number of H-pyrrole nitrogens is 1. The van der Waals surface area contributed by atoms with Gasteiger partial charge in [0.15, 0.2) is 0 Å². The maximum atomic E-state index is 12.6. The van der Waals surface area contributed by atoms with Gasteiger partial charge < -0.3 is 9.88 Å². The number of rotatable bonds is 2. The van der Waals surface area contributed by atoms with Gasteiger partial charge >= 0.3 is 0 Å². The summed E-state index contributed by atoms with van der Waals surface area (Å²) in [5, 5.41) is 9.13. The van der Waals surface area contributed by atoms with Crippen molar-refractivity contribution in [3.63, 3.8) is 0 Å². The number of carbonyl (C=O) groups excluding carboxylic acids is 1. The monoisotopic (exact) mass is 280 g/mol. The minimum Gasteiger partial charge on any atom is -0.348 e. The van der Waals surface area contributed by atoms with Gasteiger partial charge in [-0.3, -0.25) is 4.79 Å². The molecule has 1 amide bonds. The lowest BCUT2D eigenvalue weighted by molar-refractivity contribution is 0.0704. The Morgan fingerprint density at radius 2 is 2.29 bits per heavy atom. The number of hydrogen-bond acceptors (Lipinski definition) is 3. The van der Waals surface area contributed by atoms with Crippen LogP contribution in [-0.4, -0.2) is 33.9 Å². The highest BCUT2D eigenvalue weighted by molar-refractivity contribution is 5.96. The summed E-state index contributed by atoms with van der Waals surface area (Å²) in [6.07, 6.45) is 5.52. The van der Waals surface area contributed by atoms with E-state index < -0.39 is 0 Å². The van der Waals surface area contributed by atoms with Gasteiger partial charge in [-0.25, -0.2) is 4.98 Å². The molecule has 1 fully saturated rings. The van der Waals surface area contributed by atoms with Crippen LogP contribution in [-0.2, 0) is 0 Å². The molecule has 3 rings (SSSR count). The maximum absolute atomic E-state index is 12.6. The lowest BCUT2D eigenvalue weighted by Gasteiger charge is -2.32. The molecule has 1 atom stereocenters. The molecule has 21 heavy (non-hydrogen) atoms. The number of piperidine rings is 1. The Morgan fingerprint density at radius 1 is 1.43 bits per heavy atom. The van der Waals surface area contributed by atoms with E-state index in [1.807, 2.05) is 4.90 Å². The normalized spacial score (nSPS) is 18.2. The Morgan fingerprint density at radius 3 is 3.05 bits per heavy atom. The fourth-order valence-electron chi connectivity index (χ4n) is 2.82. The number of aromatic amines is 1. The highest BCUT2D eigenvalue weighted by atomic mass is 16.2. The minimum atomic E-state index is -0.0663. The van der Waals surface area contributed by atoms with Gasteiger partial charge in [0.2, 0.25) is 0 Å². The Labute approximate surface area is 123 Å². The van der Waals surface area contributed by atoms with Crippen LogP contribution in [0.1, 0.15) is 40.5 Å². The Bertz CT molecular complexity index is 672. The first-order valence-electron chi connectivity index (χ1n) is 7.07. The van der Waals surface area contributed by atoms with Crippen molar-refractivity contribution in [1.29, 1.82) is 5.26 Å². The molecule has 5 nitrogen and oxygen atoms in total. The highest BCUT2D eigenvalue weighted by Crippen LogP contribution is 2.25. The number of imidazole rings is 1. The van der Waals surface area contributed by atoms with Crippen LogP contribution in [0.2, 0.25) is 0 Å². The Hall–Kier alpha value is -2.61. The van der Waals surface area contributed by atoms with Crippen LogP contribution in [0.5, 0.6) is 0 Å². The number of amides is 1. The summed E-state index contributed by atoms with van der Waals surface area (Å²) in [5.41, 5.74) is 0.919. The smallest absolute Gasteiger partial charge is 0.255 e. The number of nitrogens with one attached hydrogen (secondary N) is 1. The summed E-state index contributed by atoms with van der Waals surface area (Å²) in [6, 6.07) is 9.06. The average Bonchev–Trinajstić information content (AvgIpc) is 3.09. The van der Waals surface area contributed by atoms with Crippen LogP contribution in [0, 0.1) is 11.3 Å². The van der Waals surface area contributed by atoms with Gasteiger partial charge in [0.25, 0.3) is 5.91 Å². The third kappa shape index (κ3) is 2.65. The molecule has 2 aromatic rings. The lowest BCUT2D eigenvalue weighted by atomic mass is 9.96. The van der Waals surface area contributed by atoms with E-state index in [0.717, 1.165) is 25.2 Å². The van der Waals surface area contributed by atoms with Gasteiger partial charge in [-0.05, 0) is 25.0 Å². The molecule has 0 saturated carbocycles. The van der Waals surface area contributed by atoms with Crippen LogP contribution in [0.3, 0.4) is 0 Å².